The maximum absolute atomic E-state index is 11.5. The van der Waals surface area contributed by atoms with Crippen LogP contribution in [0.15, 0.2) is 59.7 Å². The first kappa shape index (κ1) is 14.3. The standard InChI is InChI=1S/C18H18N2O2/c21-18(16-9-10-16)20-19-12-15-7-4-8-17(11-15)22-13-14-5-2-1-3-6-14/h1-8,11-12,16H,9-10,13H2,(H,20,21). The quantitative estimate of drug-likeness (QED) is 0.657. The van der Waals surface area contributed by atoms with E-state index in [2.05, 4.69) is 10.5 Å². The van der Waals surface area contributed by atoms with Crippen LogP contribution in [0, 0.1) is 5.92 Å². The second kappa shape index (κ2) is 6.89. The Morgan fingerprint density at radius 2 is 2.00 bits per heavy atom. The van der Waals surface area contributed by atoms with Crippen molar-refractivity contribution in [3.63, 3.8) is 0 Å². The van der Waals surface area contributed by atoms with E-state index in [1.54, 1.807) is 6.21 Å². The molecule has 1 fully saturated rings. The number of carbonyl (C=O) groups excluding carboxylic acids is 1. The van der Waals surface area contributed by atoms with E-state index in [-0.39, 0.29) is 11.8 Å². The Morgan fingerprint density at radius 1 is 1.18 bits per heavy atom. The number of benzene rings is 2. The molecule has 4 heteroatoms. The summed E-state index contributed by atoms with van der Waals surface area (Å²) in [7, 11) is 0. The molecule has 0 aliphatic heterocycles. The molecule has 2 aromatic carbocycles. The molecule has 1 aliphatic rings. The van der Waals surface area contributed by atoms with Gasteiger partial charge in [-0.25, -0.2) is 5.43 Å². The first-order valence-corrected chi connectivity index (χ1v) is 7.41. The highest BCUT2D eigenvalue weighted by atomic mass is 16.5. The second-order valence-electron chi connectivity index (χ2n) is 5.36. The van der Waals surface area contributed by atoms with E-state index < -0.39 is 0 Å². The number of hydrogen-bond donors (Lipinski definition) is 1. The Bertz CT molecular complexity index is 664. The summed E-state index contributed by atoms with van der Waals surface area (Å²) in [5.74, 6) is 0.951. The SMILES string of the molecule is O=C(NN=Cc1cccc(OCc2ccccc2)c1)C1CC1. The van der Waals surface area contributed by atoms with Gasteiger partial charge in [0.1, 0.15) is 12.4 Å². The average molecular weight is 294 g/mol. The van der Waals surface area contributed by atoms with Crippen LogP contribution < -0.4 is 10.2 Å². The van der Waals surface area contributed by atoms with Crippen LogP contribution >= 0.6 is 0 Å². The van der Waals surface area contributed by atoms with Crippen molar-refractivity contribution in [2.24, 2.45) is 11.0 Å². The van der Waals surface area contributed by atoms with Crippen molar-refractivity contribution in [2.45, 2.75) is 19.4 Å². The molecule has 0 bridgehead atoms. The van der Waals surface area contributed by atoms with E-state index >= 15 is 0 Å². The molecule has 0 saturated heterocycles. The summed E-state index contributed by atoms with van der Waals surface area (Å²) in [4.78, 5) is 11.5. The third-order valence-corrected chi connectivity index (χ3v) is 3.44. The van der Waals surface area contributed by atoms with Crippen molar-refractivity contribution in [3.8, 4) is 5.75 Å². The first-order valence-electron chi connectivity index (χ1n) is 7.41. The zero-order valence-electron chi connectivity index (χ0n) is 12.2. The number of ether oxygens (including phenoxy) is 1. The van der Waals surface area contributed by atoms with E-state index in [9.17, 15) is 4.79 Å². The topological polar surface area (TPSA) is 50.7 Å². The molecule has 0 aromatic heterocycles. The molecule has 3 rings (SSSR count). The molecule has 22 heavy (non-hydrogen) atoms. The van der Waals surface area contributed by atoms with Gasteiger partial charge < -0.3 is 4.74 Å². The van der Waals surface area contributed by atoms with Gasteiger partial charge in [-0.2, -0.15) is 5.10 Å². The van der Waals surface area contributed by atoms with Crippen LogP contribution in [0.5, 0.6) is 5.75 Å². The Morgan fingerprint density at radius 3 is 2.77 bits per heavy atom. The molecule has 1 N–H and O–H groups in total. The average Bonchev–Trinajstić information content (AvgIpc) is 3.39. The van der Waals surface area contributed by atoms with Gasteiger partial charge in [0, 0.05) is 5.92 Å². The molecule has 0 radical (unpaired) electrons. The second-order valence-corrected chi connectivity index (χ2v) is 5.36. The summed E-state index contributed by atoms with van der Waals surface area (Å²) in [5, 5.41) is 3.98. The van der Waals surface area contributed by atoms with E-state index in [0.717, 1.165) is 29.7 Å². The minimum atomic E-state index is 0.00716. The number of hydrazone groups is 1. The lowest BCUT2D eigenvalue weighted by molar-refractivity contribution is -0.122. The van der Waals surface area contributed by atoms with Crippen molar-refractivity contribution in [1.82, 2.24) is 5.43 Å². The molecule has 1 saturated carbocycles. The predicted molar refractivity (Wildman–Crippen MR) is 85.7 cm³/mol. The summed E-state index contributed by atoms with van der Waals surface area (Å²) < 4.78 is 5.76. The molecule has 0 heterocycles. The molecule has 4 nitrogen and oxygen atoms in total. The van der Waals surface area contributed by atoms with Gasteiger partial charge >= 0.3 is 0 Å². The lowest BCUT2D eigenvalue weighted by Gasteiger charge is -2.06. The molecule has 112 valence electrons. The molecule has 0 spiro atoms. The highest BCUT2D eigenvalue weighted by molar-refractivity contribution is 5.84. The summed E-state index contributed by atoms with van der Waals surface area (Å²) in [5.41, 5.74) is 4.57. The number of hydrogen-bond acceptors (Lipinski definition) is 3. The van der Waals surface area contributed by atoms with Gasteiger partial charge in [-0.15, -0.1) is 0 Å². The number of carbonyl (C=O) groups is 1. The number of nitrogens with zero attached hydrogens (tertiary/aromatic N) is 1. The van der Waals surface area contributed by atoms with Crippen molar-refractivity contribution in [2.75, 3.05) is 0 Å². The van der Waals surface area contributed by atoms with E-state index in [1.807, 2.05) is 54.6 Å². The zero-order valence-corrected chi connectivity index (χ0v) is 12.2. The molecule has 1 amide bonds. The van der Waals surface area contributed by atoms with Gasteiger partial charge in [0.15, 0.2) is 0 Å². The van der Waals surface area contributed by atoms with Gasteiger partial charge in [-0.05, 0) is 36.1 Å². The summed E-state index contributed by atoms with van der Waals surface area (Å²) in [6, 6.07) is 17.6. The minimum absolute atomic E-state index is 0.00716. The fourth-order valence-electron chi connectivity index (χ4n) is 2.03. The van der Waals surface area contributed by atoms with Crippen molar-refractivity contribution in [3.05, 3.63) is 65.7 Å². The van der Waals surface area contributed by atoms with Crippen LogP contribution in [0.3, 0.4) is 0 Å². The highest BCUT2D eigenvalue weighted by Crippen LogP contribution is 2.28. The lowest BCUT2D eigenvalue weighted by atomic mass is 10.2. The smallest absolute Gasteiger partial charge is 0.243 e. The Balaban J connectivity index is 1.55. The highest BCUT2D eigenvalue weighted by Gasteiger charge is 2.29. The van der Waals surface area contributed by atoms with E-state index in [4.69, 9.17) is 4.74 Å². The maximum atomic E-state index is 11.5. The van der Waals surface area contributed by atoms with Gasteiger partial charge in [0.05, 0.1) is 6.21 Å². The van der Waals surface area contributed by atoms with Crippen molar-refractivity contribution in [1.29, 1.82) is 0 Å². The Kier molecular flexibility index (Phi) is 4.49. The normalized spacial score (nSPS) is 14.0. The number of nitrogens with one attached hydrogen (secondary N) is 1. The molecular weight excluding hydrogens is 276 g/mol. The third-order valence-electron chi connectivity index (χ3n) is 3.44. The van der Waals surface area contributed by atoms with Crippen LogP contribution in [0.2, 0.25) is 0 Å². The molecular formula is C18H18N2O2. The summed E-state index contributed by atoms with van der Waals surface area (Å²) >= 11 is 0. The maximum Gasteiger partial charge on any atom is 0.243 e. The first-order chi connectivity index (χ1) is 10.8. The molecule has 0 atom stereocenters. The van der Waals surface area contributed by atoms with E-state index in [1.165, 1.54) is 0 Å². The van der Waals surface area contributed by atoms with Crippen LogP contribution in [0.4, 0.5) is 0 Å². The fraction of sp³-hybridized carbons (Fsp3) is 0.222. The van der Waals surface area contributed by atoms with Crippen molar-refractivity contribution >= 4 is 12.1 Å². The van der Waals surface area contributed by atoms with Crippen LogP contribution in [-0.4, -0.2) is 12.1 Å². The van der Waals surface area contributed by atoms with Gasteiger partial charge in [-0.1, -0.05) is 42.5 Å². The van der Waals surface area contributed by atoms with E-state index in [0.29, 0.717) is 6.61 Å². The summed E-state index contributed by atoms with van der Waals surface area (Å²) in [6.45, 7) is 0.528. The minimum Gasteiger partial charge on any atom is -0.489 e. The largest absolute Gasteiger partial charge is 0.489 e. The van der Waals surface area contributed by atoms with Gasteiger partial charge in [0.25, 0.3) is 0 Å². The van der Waals surface area contributed by atoms with Crippen molar-refractivity contribution < 1.29 is 9.53 Å². The van der Waals surface area contributed by atoms with Crippen LogP contribution in [-0.2, 0) is 11.4 Å². The van der Waals surface area contributed by atoms with Crippen LogP contribution in [0.25, 0.3) is 0 Å². The zero-order chi connectivity index (χ0) is 15.2. The number of amides is 1. The monoisotopic (exact) mass is 294 g/mol. The Hall–Kier alpha value is -2.62. The molecule has 0 unspecified atom stereocenters. The Labute approximate surface area is 129 Å². The lowest BCUT2D eigenvalue weighted by Crippen LogP contribution is -2.18. The summed E-state index contributed by atoms with van der Waals surface area (Å²) in [6.07, 6.45) is 3.59. The molecule has 1 aliphatic carbocycles. The van der Waals surface area contributed by atoms with Gasteiger partial charge in [-0.3, -0.25) is 4.79 Å². The van der Waals surface area contributed by atoms with Crippen LogP contribution in [0.1, 0.15) is 24.0 Å². The van der Waals surface area contributed by atoms with Gasteiger partial charge in [0.2, 0.25) is 5.91 Å². The predicted octanol–water partition coefficient (Wildman–Crippen LogP) is 3.13. The third kappa shape index (κ3) is 4.19. The fourth-order valence-corrected chi connectivity index (χ4v) is 2.03. The molecule has 2 aromatic rings. The number of rotatable bonds is 6.